The summed E-state index contributed by atoms with van der Waals surface area (Å²) in [6, 6.07) is 6.57. The van der Waals surface area contributed by atoms with E-state index in [-0.39, 0.29) is 11.1 Å². The van der Waals surface area contributed by atoms with Gasteiger partial charge < -0.3 is 19.2 Å². The Kier molecular flexibility index (Phi) is 4.64. The zero-order valence-electron chi connectivity index (χ0n) is 15.1. The number of aromatic nitrogens is 1. The van der Waals surface area contributed by atoms with E-state index in [2.05, 4.69) is 10.3 Å². The molecule has 0 spiro atoms. The van der Waals surface area contributed by atoms with Crippen LogP contribution in [0.1, 0.15) is 13.8 Å². The van der Waals surface area contributed by atoms with Crippen molar-refractivity contribution in [2.45, 2.75) is 19.6 Å². The molecule has 4 rings (SSSR count). The Hall–Kier alpha value is -3.17. The molecule has 1 aliphatic rings. The molecule has 1 saturated heterocycles. The van der Waals surface area contributed by atoms with Gasteiger partial charge in [-0.05, 0) is 24.3 Å². The normalized spacial score (nSPS) is 15.8. The summed E-state index contributed by atoms with van der Waals surface area (Å²) in [5.74, 6) is -2.92. The monoisotopic (exact) mass is 432 g/mol. The van der Waals surface area contributed by atoms with E-state index in [1.165, 1.54) is 25.2 Å². The summed E-state index contributed by atoms with van der Waals surface area (Å²) >= 11 is 7.17. The van der Waals surface area contributed by atoms with Gasteiger partial charge in [0.2, 0.25) is 0 Å². The standard InChI is InChI=1S/C19H13ClN2O6S/c1-19(2)27-16(24)12(17(25)28-19)7-21-18-22-13(8-29-18)11-6-9-5-10(20)3-4-14(9)26-15(11)23/h3-8H,1-2H3,(H,21,22). The summed E-state index contributed by atoms with van der Waals surface area (Å²) in [4.78, 5) is 40.5. The van der Waals surface area contributed by atoms with Gasteiger partial charge in [-0.3, -0.25) is 0 Å². The molecule has 148 valence electrons. The molecule has 1 fully saturated rings. The average Bonchev–Trinajstić information content (AvgIpc) is 3.08. The van der Waals surface area contributed by atoms with Crippen molar-refractivity contribution in [3.63, 3.8) is 0 Å². The van der Waals surface area contributed by atoms with Crippen LogP contribution in [-0.4, -0.2) is 22.7 Å². The molecule has 0 unspecified atom stereocenters. The second-order valence-electron chi connectivity index (χ2n) is 6.55. The number of anilines is 1. The fourth-order valence-corrected chi connectivity index (χ4v) is 3.51. The first kappa shape index (κ1) is 19.2. The predicted molar refractivity (Wildman–Crippen MR) is 107 cm³/mol. The van der Waals surface area contributed by atoms with Crippen LogP contribution in [0.25, 0.3) is 22.2 Å². The first-order valence-electron chi connectivity index (χ1n) is 8.34. The number of carbonyl (C=O) groups excluding carboxylic acids is 2. The van der Waals surface area contributed by atoms with Crippen LogP contribution in [0.3, 0.4) is 0 Å². The number of benzene rings is 1. The molecule has 0 amide bonds. The molecule has 2 aromatic heterocycles. The largest absolute Gasteiger partial charge is 0.422 e. The van der Waals surface area contributed by atoms with Gasteiger partial charge in [0, 0.05) is 35.8 Å². The van der Waals surface area contributed by atoms with Crippen LogP contribution < -0.4 is 10.9 Å². The van der Waals surface area contributed by atoms with Crippen LogP contribution in [0.15, 0.2) is 50.6 Å². The van der Waals surface area contributed by atoms with Crippen molar-refractivity contribution in [2.75, 3.05) is 5.32 Å². The maximum atomic E-state index is 12.3. The van der Waals surface area contributed by atoms with E-state index in [0.717, 1.165) is 6.20 Å². The Morgan fingerprint density at radius 2 is 1.86 bits per heavy atom. The third kappa shape index (κ3) is 3.87. The number of hydrogen-bond acceptors (Lipinski definition) is 9. The molecule has 3 aromatic rings. The molecule has 1 aromatic carbocycles. The molecule has 1 N–H and O–H groups in total. The number of rotatable bonds is 3. The van der Waals surface area contributed by atoms with Crippen molar-refractivity contribution in [3.05, 3.63) is 56.9 Å². The van der Waals surface area contributed by atoms with Crippen molar-refractivity contribution in [1.29, 1.82) is 0 Å². The zero-order valence-corrected chi connectivity index (χ0v) is 16.7. The summed E-state index contributed by atoms with van der Waals surface area (Å²) in [6.07, 6.45) is 1.16. The first-order chi connectivity index (χ1) is 13.7. The van der Waals surface area contributed by atoms with Gasteiger partial charge >= 0.3 is 17.6 Å². The van der Waals surface area contributed by atoms with Gasteiger partial charge in [0.15, 0.2) is 10.7 Å². The van der Waals surface area contributed by atoms with Gasteiger partial charge in [0.1, 0.15) is 5.58 Å². The highest BCUT2D eigenvalue weighted by Gasteiger charge is 2.39. The van der Waals surface area contributed by atoms with E-state index >= 15 is 0 Å². The second kappa shape index (κ2) is 7.02. The van der Waals surface area contributed by atoms with Gasteiger partial charge in [-0.25, -0.2) is 19.4 Å². The van der Waals surface area contributed by atoms with Crippen molar-refractivity contribution < 1.29 is 23.5 Å². The van der Waals surface area contributed by atoms with E-state index in [1.54, 1.807) is 29.6 Å². The van der Waals surface area contributed by atoms with E-state index in [1.807, 2.05) is 0 Å². The van der Waals surface area contributed by atoms with Gasteiger partial charge in [0.25, 0.3) is 5.79 Å². The molecule has 0 radical (unpaired) electrons. The van der Waals surface area contributed by atoms with Gasteiger partial charge in [-0.1, -0.05) is 11.6 Å². The minimum absolute atomic E-state index is 0.259. The number of ether oxygens (including phenoxy) is 2. The lowest BCUT2D eigenvalue weighted by atomic mass is 10.1. The molecule has 0 saturated carbocycles. The Morgan fingerprint density at radius 3 is 2.59 bits per heavy atom. The summed E-state index contributed by atoms with van der Waals surface area (Å²) in [5, 5.41) is 5.91. The number of fused-ring (bicyclic) bond motifs is 1. The van der Waals surface area contributed by atoms with E-state index in [0.29, 0.717) is 26.8 Å². The van der Waals surface area contributed by atoms with Crippen LogP contribution in [0.4, 0.5) is 5.13 Å². The minimum atomic E-state index is -1.31. The second-order valence-corrected chi connectivity index (χ2v) is 7.84. The van der Waals surface area contributed by atoms with Gasteiger partial charge in [-0.15, -0.1) is 11.3 Å². The van der Waals surface area contributed by atoms with Crippen molar-refractivity contribution in [3.8, 4) is 11.3 Å². The van der Waals surface area contributed by atoms with Crippen LogP contribution in [0, 0.1) is 0 Å². The maximum Gasteiger partial charge on any atom is 0.350 e. The van der Waals surface area contributed by atoms with Crippen molar-refractivity contribution >= 4 is 51.0 Å². The number of thiazole rings is 1. The van der Waals surface area contributed by atoms with Crippen molar-refractivity contribution in [2.24, 2.45) is 0 Å². The molecule has 29 heavy (non-hydrogen) atoms. The third-order valence-electron chi connectivity index (χ3n) is 3.93. The smallest absolute Gasteiger partial charge is 0.350 e. The predicted octanol–water partition coefficient (Wildman–Crippen LogP) is 3.70. The summed E-state index contributed by atoms with van der Waals surface area (Å²) in [7, 11) is 0. The summed E-state index contributed by atoms with van der Waals surface area (Å²) in [6.45, 7) is 2.92. The molecule has 3 heterocycles. The highest BCUT2D eigenvalue weighted by atomic mass is 35.5. The zero-order chi connectivity index (χ0) is 20.8. The first-order valence-corrected chi connectivity index (χ1v) is 9.60. The van der Waals surface area contributed by atoms with Crippen molar-refractivity contribution in [1.82, 2.24) is 4.98 Å². The maximum absolute atomic E-state index is 12.3. The molecule has 8 nitrogen and oxygen atoms in total. The van der Waals surface area contributed by atoms with Gasteiger partial charge in [0.05, 0.1) is 11.3 Å². The summed E-state index contributed by atoms with van der Waals surface area (Å²) in [5.41, 5.74) is 0.216. The van der Waals surface area contributed by atoms with Crippen LogP contribution >= 0.6 is 22.9 Å². The van der Waals surface area contributed by atoms with Crippen LogP contribution in [0.5, 0.6) is 0 Å². The topological polar surface area (TPSA) is 108 Å². The number of hydrogen-bond donors (Lipinski definition) is 1. The number of nitrogens with zero attached hydrogens (tertiary/aromatic N) is 1. The number of carbonyl (C=O) groups is 2. The lowest BCUT2D eigenvalue weighted by molar-refractivity contribution is -0.222. The molecular formula is C19H13ClN2O6S. The molecular weight excluding hydrogens is 420 g/mol. The molecule has 0 atom stereocenters. The van der Waals surface area contributed by atoms with E-state index in [9.17, 15) is 14.4 Å². The van der Waals surface area contributed by atoms with E-state index in [4.69, 9.17) is 25.5 Å². The Bertz CT molecular complexity index is 1220. The Morgan fingerprint density at radius 1 is 1.14 bits per heavy atom. The lowest BCUT2D eigenvalue weighted by Crippen LogP contribution is -2.42. The number of esters is 2. The minimum Gasteiger partial charge on any atom is -0.422 e. The van der Waals surface area contributed by atoms with Gasteiger partial charge in [-0.2, -0.15) is 0 Å². The van der Waals surface area contributed by atoms with Crippen LogP contribution in [0.2, 0.25) is 5.02 Å². The highest BCUT2D eigenvalue weighted by molar-refractivity contribution is 7.14. The fraction of sp³-hybridized carbons (Fsp3) is 0.158. The van der Waals surface area contributed by atoms with Crippen LogP contribution in [-0.2, 0) is 19.1 Å². The number of halogens is 1. The van der Waals surface area contributed by atoms with E-state index < -0.39 is 23.4 Å². The Balaban J connectivity index is 1.60. The number of cyclic esters (lactones) is 2. The molecule has 1 aliphatic heterocycles. The number of nitrogens with one attached hydrogen (secondary N) is 1. The summed E-state index contributed by atoms with van der Waals surface area (Å²) < 4.78 is 15.3. The molecule has 0 bridgehead atoms. The highest BCUT2D eigenvalue weighted by Crippen LogP contribution is 2.27. The third-order valence-corrected chi connectivity index (χ3v) is 4.94. The molecule has 0 aliphatic carbocycles. The SMILES string of the molecule is CC1(C)OC(=O)C(=CNc2nc(-c3cc4cc(Cl)ccc4oc3=O)cs2)C(=O)O1. The lowest BCUT2D eigenvalue weighted by Gasteiger charge is -2.29. The quantitative estimate of drug-likeness (QED) is 0.289. The Labute approximate surface area is 172 Å². The molecule has 10 heteroatoms. The average molecular weight is 433 g/mol. The fourth-order valence-electron chi connectivity index (χ4n) is 2.65.